The van der Waals surface area contributed by atoms with Crippen molar-refractivity contribution in [3.63, 3.8) is 0 Å². The third-order valence-corrected chi connectivity index (χ3v) is 2.28. The van der Waals surface area contributed by atoms with Crippen molar-refractivity contribution in [3.05, 3.63) is 0 Å². The number of rotatable bonds is 3. The van der Waals surface area contributed by atoms with Crippen molar-refractivity contribution in [2.75, 3.05) is 13.1 Å². The van der Waals surface area contributed by atoms with E-state index in [0.29, 0.717) is 0 Å². The highest BCUT2D eigenvalue weighted by Gasteiger charge is 1.93. The summed E-state index contributed by atoms with van der Waals surface area (Å²) in [6.45, 7) is 7.65. The smallest absolute Gasteiger partial charge is 0.303 e. The first-order chi connectivity index (χ1) is 9.81. The largest absolute Gasteiger partial charge is 0.481 e. The van der Waals surface area contributed by atoms with Gasteiger partial charge in [-0.3, -0.25) is 9.59 Å². The zero-order valence-corrected chi connectivity index (χ0v) is 13.6. The molecule has 0 aliphatic carbocycles. The lowest BCUT2D eigenvalue weighted by Gasteiger charge is -2.08. The molecular weight excluding hydrogens is 274 g/mol. The number of nitrogens with one attached hydrogen (secondary N) is 1. The molecule has 0 aromatic carbocycles. The molecule has 0 atom stereocenters. The van der Waals surface area contributed by atoms with E-state index in [-0.39, 0.29) is 19.0 Å². The molecule has 21 heavy (non-hydrogen) atoms. The molecule has 7 nitrogen and oxygen atoms in total. The third-order valence-electron chi connectivity index (χ3n) is 2.28. The lowest BCUT2D eigenvalue weighted by Crippen LogP contribution is -2.28. The summed E-state index contributed by atoms with van der Waals surface area (Å²) in [5, 5.41) is 18.7. The van der Waals surface area contributed by atoms with Crippen molar-refractivity contribution >= 4 is 11.9 Å². The van der Waals surface area contributed by atoms with E-state index in [1.165, 1.54) is 32.4 Å². The monoisotopic (exact) mass is 307 g/mol. The van der Waals surface area contributed by atoms with Crippen LogP contribution in [-0.2, 0) is 9.59 Å². The Bertz CT molecular complexity index is 207. The van der Waals surface area contributed by atoms with E-state index in [0.717, 1.165) is 6.42 Å². The fourth-order valence-electron chi connectivity index (χ4n) is 0.802. The highest BCUT2D eigenvalue weighted by Crippen LogP contribution is 1.96. The minimum absolute atomic E-state index is 0.116. The van der Waals surface area contributed by atoms with Gasteiger partial charge in [-0.25, -0.2) is 0 Å². The highest BCUT2D eigenvalue weighted by molar-refractivity contribution is 5.66. The van der Waals surface area contributed by atoms with Crippen LogP contribution in [-0.4, -0.2) is 41.4 Å². The maximum atomic E-state index is 9.37. The number of carboxylic acids is 2. The van der Waals surface area contributed by atoms with Gasteiger partial charge in [0.15, 0.2) is 0 Å². The Morgan fingerprint density at radius 1 is 0.952 bits per heavy atom. The molecule has 1 rings (SSSR count). The molecule has 0 aromatic heterocycles. The first-order valence-electron chi connectivity index (χ1n) is 7.47. The zero-order valence-electron chi connectivity index (χ0n) is 13.6. The molecule has 0 bridgehead atoms. The van der Waals surface area contributed by atoms with E-state index in [4.69, 9.17) is 21.7 Å². The van der Waals surface area contributed by atoms with Gasteiger partial charge in [-0.05, 0) is 32.4 Å². The van der Waals surface area contributed by atoms with Gasteiger partial charge in [0.25, 0.3) is 0 Å². The average molecular weight is 307 g/mol. The molecular formula is C14H33N3O4. The summed E-state index contributed by atoms with van der Waals surface area (Å²) in [4.78, 5) is 18.7. The molecule has 0 aromatic rings. The summed E-state index contributed by atoms with van der Waals surface area (Å²) in [6, 6.07) is 0. The second-order valence-corrected chi connectivity index (χ2v) is 4.38. The Morgan fingerprint density at radius 2 is 1.24 bits per heavy atom. The number of carbonyl (C=O) groups is 2. The quantitative estimate of drug-likeness (QED) is 0.496. The SMILES string of the molecule is C1CCNCC1.CCC(=O)O.CCC(=O)O.CCC(N)N. The Morgan fingerprint density at radius 3 is 1.29 bits per heavy atom. The molecule has 1 fully saturated rings. The molecule has 0 unspecified atom stereocenters. The lowest BCUT2D eigenvalue weighted by atomic mass is 10.2. The summed E-state index contributed by atoms with van der Waals surface area (Å²) in [6.07, 6.45) is 5.41. The van der Waals surface area contributed by atoms with Crippen LogP contribution in [0.4, 0.5) is 0 Å². The molecule has 0 spiro atoms. The predicted octanol–water partition coefficient (Wildman–Crippen LogP) is 1.36. The van der Waals surface area contributed by atoms with Crippen LogP contribution in [0.15, 0.2) is 0 Å². The second-order valence-electron chi connectivity index (χ2n) is 4.38. The minimum Gasteiger partial charge on any atom is -0.481 e. The van der Waals surface area contributed by atoms with Crippen LogP contribution in [0.3, 0.4) is 0 Å². The Balaban J connectivity index is -0.000000207. The minimum atomic E-state index is -0.745. The summed E-state index contributed by atoms with van der Waals surface area (Å²) >= 11 is 0. The fraction of sp³-hybridized carbons (Fsp3) is 0.857. The summed E-state index contributed by atoms with van der Waals surface area (Å²) in [7, 11) is 0. The van der Waals surface area contributed by atoms with Crippen LogP contribution < -0.4 is 16.8 Å². The molecule has 1 heterocycles. The van der Waals surface area contributed by atoms with Gasteiger partial charge in [0.1, 0.15) is 0 Å². The van der Waals surface area contributed by atoms with E-state index in [1.807, 2.05) is 6.92 Å². The molecule has 0 saturated carbocycles. The molecule has 1 saturated heterocycles. The molecule has 128 valence electrons. The van der Waals surface area contributed by atoms with E-state index in [2.05, 4.69) is 5.32 Å². The summed E-state index contributed by atoms with van der Waals surface area (Å²) in [5.41, 5.74) is 10.1. The van der Waals surface area contributed by atoms with Crippen LogP contribution >= 0.6 is 0 Å². The van der Waals surface area contributed by atoms with E-state index < -0.39 is 11.9 Å². The van der Waals surface area contributed by atoms with E-state index in [1.54, 1.807) is 13.8 Å². The van der Waals surface area contributed by atoms with Crippen molar-refractivity contribution in [1.29, 1.82) is 0 Å². The van der Waals surface area contributed by atoms with E-state index in [9.17, 15) is 9.59 Å². The number of carboxylic acid groups (broad SMARTS) is 2. The predicted molar refractivity (Wildman–Crippen MR) is 85.0 cm³/mol. The first-order valence-corrected chi connectivity index (χ1v) is 7.47. The van der Waals surface area contributed by atoms with Gasteiger partial charge in [0, 0.05) is 12.8 Å². The van der Waals surface area contributed by atoms with Crippen molar-refractivity contribution < 1.29 is 19.8 Å². The standard InChI is InChI=1S/C5H11N.C3H10N2.2C3H6O2/c1-2-4-6-5-3-1;3*1-2-3(4)5/h6H,1-5H2;3H,2,4-5H2,1H3;2*2H2,1H3,(H,4,5). The molecule has 0 amide bonds. The first kappa shape index (κ1) is 24.8. The van der Waals surface area contributed by atoms with Crippen molar-refractivity contribution in [1.82, 2.24) is 5.32 Å². The van der Waals surface area contributed by atoms with Gasteiger partial charge < -0.3 is 27.0 Å². The number of hydrogen-bond donors (Lipinski definition) is 5. The summed E-state index contributed by atoms with van der Waals surface area (Å²) in [5.74, 6) is -1.49. The highest BCUT2D eigenvalue weighted by atomic mass is 16.4. The Labute approximate surface area is 128 Å². The molecule has 1 aliphatic heterocycles. The number of piperidine rings is 1. The zero-order chi connectivity index (χ0) is 17.1. The number of aliphatic carboxylic acids is 2. The van der Waals surface area contributed by atoms with Gasteiger partial charge in [0.05, 0.1) is 6.17 Å². The molecule has 1 aliphatic rings. The van der Waals surface area contributed by atoms with Crippen LogP contribution in [0.25, 0.3) is 0 Å². The van der Waals surface area contributed by atoms with Gasteiger partial charge in [-0.1, -0.05) is 27.2 Å². The van der Waals surface area contributed by atoms with Gasteiger partial charge in [0.2, 0.25) is 0 Å². The topological polar surface area (TPSA) is 139 Å². The van der Waals surface area contributed by atoms with Gasteiger partial charge >= 0.3 is 11.9 Å². The molecule has 7 heteroatoms. The fourth-order valence-corrected chi connectivity index (χ4v) is 0.802. The second kappa shape index (κ2) is 21.1. The van der Waals surface area contributed by atoms with Gasteiger partial charge in [-0.15, -0.1) is 0 Å². The average Bonchev–Trinajstić information content (AvgIpc) is 2.50. The Hall–Kier alpha value is -1.18. The van der Waals surface area contributed by atoms with Crippen molar-refractivity contribution in [2.24, 2.45) is 11.5 Å². The number of nitrogens with two attached hydrogens (primary N) is 2. The molecule has 0 radical (unpaired) electrons. The maximum Gasteiger partial charge on any atom is 0.303 e. The van der Waals surface area contributed by atoms with Crippen LogP contribution in [0.1, 0.15) is 59.3 Å². The number of hydrogen-bond acceptors (Lipinski definition) is 5. The van der Waals surface area contributed by atoms with E-state index >= 15 is 0 Å². The normalized spacial score (nSPS) is 12.7. The molecule has 7 N–H and O–H groups in total. The van der Waals surface area contributed by atoms with Crippen LogP contribution in [0, 0.1) is 0 Å². The van der Waals surface area contributed by atoms with Crippen LogP contribution in [0.5, 0.6) is 0 Å². The Kier molecular flexibility index (Phi) is 25.0. The van der Waals surface area contributed by atoms with Crippen molar-refractivity contribution in [2.45, 2.75) is 65.5 Å². The van der Waals surface area contributed by atoms with Crippen molar-refractivity contribution in [3.8, 4) is 0 Å². The maximum absolute atomic E-state index is 9.37. The summed E-state index contributed by atoms with van der Waals surface area (Å²) < 4.78 is 0. The third kappa shape index (κ3) is 45.5. The van der Waals surface area contributed by atoms with Gasteiger partial charge in [-0.2, -0.15) is 0 Å². The van der Waals surface area contributed by atoms with Crippen LogP contribution in [0.2, 0.25) is 0 Å². The lowest BCUT2D eigenvalue weighted by molar-refractivity contribution is -0.137.